The quantitative estimate of drug-likeness (QED) is 0.706. The standard InChI is InChI=1S/C19H26N4O3S/c1-13-7-5-6-10-23(13)17(24)12-27-19-21-20-18(22(19)2)14-8-9-15(25-3)16(11-14)26-4/h8-9,11,13H,5-7,10,12H2,1-4H3. The van der Waals surface area contributed by atoms with Crippen LogP contribution in [0.2, 0.25) is 0 Å². The van der Waals surface area contributed by atoms with E-state index < -0.39 is 0 Å². The van der Waals surface area contributed by atoms with Crippen molar-refractivity contribution < 1.29 is 14.3 Å². The summed E-state index contributed by atoms with van der Waals surface area (Å²) >= 11 is 1.43. The summed E-state index contributed by atoms with van der Waals surface area (Å²) in [7, 11) is 5.12. The van der Waals surface area contributed by atoms with E-state index in [2.05, 4.69) is 17.1 Å². The molecule has 0 radical (unpaired) electrons. The van der Waals surface area contributed by atoms with Gasteiger partial charge in [0.2, 0.25) is 5.91 Å². The van der Waals surface area contributed by atoms with Crippen LogP contribution in [0.15, 0.2) is 23.4 Å². The molecule has 3 rings (SSSR count). The van der Waals surface area contributed by atoms with Gasteiger partial charge in [0.15, 0.2) is 22.5 Å². The Labute approximate surface area is 164 Å². The number of nitrogens with zero attached hydrogens (tertiary/aromatic N) is 4. The first-order valence-electron chi connectivity index (χ1n) is 9.09. The Balaban J connectivity index is 1.71. The van der Waals surface area contributed by atoms with Crippen LogP contribution in [-0.2, 0) is 11.8 Å². The Kier molecular flexibility index (Phi) is 6.26. The molecule has 1 saturated heterocycles. The second kappa shape index (κ2) is 8.65. The van der Waals surface area contributed by atoms with Crippen LogP contribution < -0.4 is 9.47 Å². The van der Waals surface area contributed by atoms with Crippen LogP contribution in [0.5, 0.6) is 11.5 Å². The molecular formula is C19H26N4O3S. The number of ether oxygens (including phenoxy) is 2. The van der Waals surface area contributed by atoms with Gasteiger partial charge in [0.05, 0.1) is 20.0 Å². The molecule has 0 bridgehead atoms. The Bertz CT molecular complexity index is 808. The molecule has 1 aliphatic rings. The smallest absolute Gasteiger partial charge is 0.233 e. The van der Waals surface area contributed by atoms with E-state index in [-0.39, 0.29) is 5.91 Å². The van der Waals surface area contributed by atoms with Gasteiger partial charge in [0.25, 0.3) is 0 Å². The summed E-state index contributed by atoms with van der Waals surface area (Å²) in [5.74, 6) is 2.57. The van der Waals surface area contributed by atoms with Crippen LogP contribution in [0.3, 0.4) is 0 Å². The van der Waals surface area contributed by atoms with Crippen molar-refractivity contribution in [2.45, 2.75) is 37.4 Å². The molecule has 1 aromatic carbocycles. The Morgan fingerprint density at radius 3 is 2.70 bits per heavy atom. The molecule has 1 amide bonds. The molecule has 2 aromatic rings. The van der Waals surface area contributed by atoms with Crippen molar-refractivity contribution in [1.82, 2.24) is 19.7 Å². The van der Waals surface area contributed by atoms with Crippen LogP contribution in [-0.4, -0.2) is 58.1 Å². The first-order chi connectivity index (χ1) is 13.0. The lowest BCUT2D eigenvalue weighted by atomic mass is 10.0. The first-order valence-corrected chi connectivity index (χ1v) is 10.1. The van der Waals surface area contributed by atoms with E-state index in [0.29, 0.717) is 23.3 Å². The molecule has 1 unspecified atom stereocenters. The maximum absolute atomic E-state index is 12.5. The van der Waals surface area contributed by atoms with Crippen LogP contribution in [0.4, 0.5) is 0 Å². The van der Waals surface area contributed by atoms with Crippen LogP contribution in [0.25, 0.3) is 11.4 Å². The van der Waals surface area contributed by atoms with Crippen molar-refractivity contribution in [2.75, 3.05) is 26.5 Å². The number of methoxy groups -OCH3 is 2. The van der Waals surface area contributed by atoms with Crippen LogP contribution in [0, 0.1) is 0 Å². The number of thioether (sulfide) groups is 1. The van der Waals surface area contributed by atoms with Crippen molar-refractivity contribution in [3.63, 3.8) is 0 Å². The predicted molar refractivity (Wildman–Crippen MR) is 105 cm³/mol. The summed E-state index contributed by atoms with van der Waals surface area (Å²) in [6.07, 6.45) is 3.38. The molecule has 1 fully saturated rings. The van der Waals surface area contributed by atoms with E-state index in [9.17, 15) is 4.79 Å². The Morgan fingerprint density at radius 1 is 1.22 bits per heavy atom. The molecule has 0 spiro atoms. The average molecular weight is 391 g/mol. The van der Waals surface area contributed by atoms with E-state index in [1.54, 1.807) is 14.2 Å². The lowest BCUT2D eigenvalue weighted by Crippen LogP contribution is -2.42. The molecule has 7 nitrogen and oxygen atoms in total. The highest BCUT2D eigenvalue weighted by molar-refractivity contribution is 7.99. The third-order valence-electron chi connectivity index (χ3n) is 4.92. The minimum absolute atomic E-state index is 0.169. The normalized spacial score (nSPS) is 17.0. The Morgan fingerprint density at radius 2 is 2.00 bits per heavy atom. The summed E-state index contributed by atoms with van der Waals surface area (Å²) in [5.41, 5.74) is 0.880. The van der Waals surface area contributed by atoms with E-state index in [1.807, 2.05) is 34.7 Å². The summed E-state index contributed by atoms with van der Waals surface area (Å²) < 4.78 is 12.5. The van der Waals surface area contributed by atoms with Gasteiger partial charge < -0.3 is 18.9 Å². The fourth-order valence-corrected chi connectivity index (χ4v) is 4.14. The number of rotatable bonds is 6. The summed E-state index contributed by atoms with van der Waals surface area (Å²) in [5, 5.41) is 9.27. The largest absolute Gasteiger partial charge is 0.493 e. The monoisotopic (exact) mass is 390 g/mol. The number of hydrogen-bond donors (Lipinski definition) is 0. The zero-order valence-corrected chi connectivity index (χ0v) is 17.1. The number of amides is 1. The molecule has 27 heavy (non-hydrogen) atoms. The van der Waals surface area contributed by atoms with Gasteiger partial charge in [-0.05, 0) is 44.4 Å². The van der Waals surface area contributed by atoms with E-state index in [0.717, 1.165) is 35.9 Å². The lowest BCUT2D eigenvalue weighted by Gasteiger charge is -2.33. The zero-order chi connectivity index (χ0) is 19.4. The number of piperidine rings is 1. The summed E-state index contributed by atoms with van der Waals surface area (Å²) in [4.78, 5) is 14.5. The van der Waals surface area contributed by atoms with Gasteiger partial charge in [-0.25, -0.2) is 0 Å². The first kappa shape index (κ1) is 19.5. The molecule has 0 aliphatic carbocycles. The number of aromatic nitrogens is 3. The van der Waals surface area contributed by atoms with Gasteiger partial charge >= 0.3 is 0 Å². The molecule has 0 saturated carbocycles. The minimum atomic E-state index is 0.169. The Hall–Kier alpha value is -2.22. The van der Waals surface area contributed by atoms with Gasteiger partial charge in [-0.15, -0.1) is 10.2 Å². The molecule has 146 valence electrons. The van der Waals surface area contributed by atoms with Crippen molar-refractivity contribution in [3.8, 4) is 22.9 Å². The third-order valence-corrected chi connectivity index (χ3v) is 5.93. The second-order valence-electron chi connectivity index (χ2n) is 6.66. The zero-order valence-electron chi connectivity index (χ0n) is 16.3. The average Bonchev–Trinajstić information content (AvgIpc) is 3.06. The number of likely N-dealkylation sites (tertiary alicyclic amines) is 1. The highest BCUT2D eigenvalue weighted by Crippen LogP contribution is 2.32. The molecule has 2 heterocycles. The minimum Gasteiger partial charge on any atom is -0.493 e. The van der Waals surface area contributed by atoms with Gasteiger partial charge in [-0.3, -0.25) is 4.79 Å². The highest BCUT2D eigenvalue weighted by Gasteiger charge is 2.24. The third kappa shape index (κ3) is 4.21. The number of carbonyl (C=O) groups excluding carboxylic acids is 1. The number of carbonyl (C=O) groups is 1. The molecule has 1 atom stereocenters. The van der Waals surface area contributed by atoms with Crippen LogP contribution in [0.1, 0.15) is 26.2 Å². The molecule has 1 aliphatic heterocycles. The summed E-state index contributed by atoms with van der Waals surface area (Å²) in [6.45, 7) is 2.98. The van der Waals surface area contributed by atoms with Gasteiger partial charge in [-0.1, -0.05) is 11.8 Å². The van der Waals surface area contributed by atoms with Gasteiger partial charge in [0.1, 0.15) is 0 Å². The van der Waals surface area contributed by atoms with Crippen LogP contribution >= 0.6 is 11.8 Å². The maximum Gasteiger partial charge on any atom is 0.233 e. The number of hydrogen-bond acceptors (Lipinski definition) is 6. The topological polar surface area (TPSA) is 69.5 Å². The van der Waals surface area contributed by atoms with Crippen molar-refractivity contribution in [1.29, 1.82) is 0 Å². The fraction of sp³-hybridized carbons (Fsp3) is 0.526. The summed E-state index contributed by atoms with van der Waals surface area (Å²) in [6, 6.07) is 5.96. The van der Waals surface area contributed by atoms with Crippen molar-refractivity contribution in [3.05, 3.63) is 18.2 Å². The maximum atomic E-state index is 12.5. The molecular weight excluding hydrogens is 364 g/mol. The van der Waals surface area contributed by atoms with E-state index in [1.165, 1.54) is 18.2 Å². The van der Waals surface area contributed by atoms with E-state index >= 15 is 0 Å². The lowest BCUT2D eigenvalue weighted by molar-refractivity contribution is -0.131. The van der Waals surface area contributed by atoms with Gasteiger partial charge in [-0.2, -0.15) is 0 Å². The SMILES string of the molecule is COc1ccc(-c2nnc(SCC(=O)N3CCCCC3C)n2C)cc1OC. The second-order valence-corrected chi connectivity index (χ2v) is 7.60. The van der Waals surface area contributed by atoms with E-state index in [4.69, 9.17) is 9.47 Å². The molecule has 8 heteroatoms. The molecule has 1 aromatic heterocycles. The van der Waals surface area contributed by atoms with Crippen molar-refractivity contribution >= 4 is 17.7 Å². The number of benzene rings is 1. The predicted octanol–water partition coefficient (Wildman–Crippen LogP) is 2.99. The molecule has 0 N–H and O–H groups in total. The van der Waals surface area contributed by atoms with Gasteiger partial charge in [0, 0.05) is 25.2 Å². The highest BCUT2D eigenvalue weighted by atomic mass is 32.2. The van der Waals surface area contributed by atoms with Crippen molar-refractivity contribution in [2.24, 2.45) is 7.05 Å². The fourth-order valence-electron chi connectivity index (χ4n) is 3.35.